The molecule has 0 aliphatic carbocycles. The van der Waals surface area contributed by atoms with Gasteiger partial charge in [-0.15, -0.1) is 0 Å². The Bertz CT molecular complexity index is 2460. The summed E-state index contributed by atoms with van der Waals surface area (Å²) in [4.78, 5) is 0. The van der Waals surface area contributed by atoms with Crippen molar-refractivity contribution in [1.29, 1.82) is 0 Å². The maximum absolute atomic E-state index is 5.53. The minimum Gasteiger partial charge on any atom is -0.497 e. The predicted molar refractivity (Wildman–Crippen MR) is 206 cm³/mol. The van der Waals surface area contributed by atoms with E-state index in [-0.39, 0.29) is 5.41 Å². The van der Waals surface area contributed by atoms with E-state index < -0.39 is 0 Å². The summed E-state index contributed by atoms with van der Waals surface area (Å²) in [6, 6.07) is 57.7. The van der Waals surface area contributed by atoms with Crippen LogP contribution in [-0.4, -0.2) is 7.11 Å². The molecule has 0 unspecified atom stereocenters. The molecule has 0 heterocycles. The van der Waals surface area contributed by atoms with Crippen molar-refractivity contribution in [1.82, 2.24) is 0 Å². The number of hydrogen-bond donors (Lipinski definition) is 0. The molecule has 48 heavy (non-hydrogen) atoms. The topological polar surface area (TPSA) is 9.23 Å². The van der Waals surface area contributed by atoms with E-state index in [1.54, 1.807) is 7.11 Å². The van der Waals surface area contributed by atoms with Gasteiger partial charge in [-0.2, -0.15) is 0 Å². The molecule has 0 aliphatic rings. The first kappa shape index (κ1) is 29.7. The van der Waals surface area contributed by atoms with Gasteiger partial charge < -0.3 is 4.74 Å². The Balaban J connectivity index is 1.41. The molecule has 232 valence electrons. The zero-order chi connectivity index (χ0) is 32.8. The van der Waals surface area contributed by atoms with Gasteiger partial charge in [0.1, 0.15) is 5.75 Å². The lowest BCUT2D eigenvalue weighted by Gasteiger charge is -2.23. The SMILES string of the molecule is COc1ccc2c(-c3cccc(-c4c5ccccc5c(-c5cccc(-c6ccccc6)c5)c5cc(C(C)(C)C)ccc45)c3)cccc2c1. The average molecular weight is 619 g/mol. The van der Waals surface area contributed by atoms with Gasteiger partial charge in [-0.3, -0.25) is 0 Å². The van der Waals surface area contributed by atoms with Gasteiger partial charge in [0.25, 0.3) is 0 Å². The second-order valence-electron chi connectivity index (χ2n) is 13.7. The third-order valence-corrected chi connectivity index (χ3v) is 9.70. The number of hydrogen-bond acceptors (Lipinski definition) is 1. The lowest BCUT2D eigenvalue weighted by Crippen LogP contribution is -2.10. The van der Waals surface area contributed by atoms with E-state index in [4.69, 9.17) is 4.74 Å². The molecule has 0 amide bonds. The second-order valence-corrected chi connectivity index (χ2v) is 13.7. The maximum Gasteiger partial charge on any atom is 0.119 e. The van der Waals surface area contributed by atoms with Gasteiger partial charge in [-0.25, -0.2) is 0 Å². The summed E-state index contributed by atoms with van der Waals surface area (Å²) in [5.74, 6) is 0.871. The van der Waals surface area contributed by atoms with Crippen LogP contribution in [0.25, 0.3) is 76.8 Å². The third kappa shape index (κ3) is 5.22. The van der Waals surface area contributed by atoms with Crippen molar-refractivity contribution in [2.75, 3.05) is 7.11 Å². The normalized spacial score (nSPS) is 11.8. The highest BCUT2D eigenvalue weighted by atomic mass is 16.5. The average Bonchev–Trinajstić information content (AvgIpc) is 3.13. The molecule has 0 spiro atoms. The van der Waals surface area contributed by atoms with Crippen LogP contribution in [0.5, 0.6) is 5.75 Å². The molecule has 8 rings (SSSR count). The number of methoxy groups -OCH3 is 1. The first-order chi connectivity index (χ1) is 23.4. The highest BCUT2D eigenvalue weighted by Crippen LogP contribution is 2.46. The van der Waals surface area contributed by atoms with Crippen molar-refractivity contribution in [2.24, 2.45) is 0 Å². The van der Waals surface area contributed by atoms with E-state index in [0.717, 1.165) is 5.75 Å². The molecule has 0 N–H and O–H groups in total. The molecule has 0 saturated carbocycles. The minimum atomic E-state index is 0.0140. The molecule has 0 atom stereocenters. The lowest BCUT2D eigenvalue weighted by atomic mass is 9.81. The molecular weight excluding hydrogens is 581 g/mol. The van der Waals surface area contributed by atoms with E-state index in [9.17, 15) is 0 Å². The first-order valence-electron chi connectivity index (χ1n) is 16.7. The Labute approximate surface area is 283 Å². The van der Waals surface area contributed by atoms with Gasteiger partial charge >= 0.3 is 0 Å². The maximum atomic E-state index is 5.53. The molecule has 0 bridgehead atoms. The van der Waals surface area contributed by atoms with Crippen LogP contribution in [-0.2, 0) is 5.41 Å². The van der Waals surface area contributed by atoms with Crippen LogP contribution in [0.4, 0.5) is 0 Å². The van der Waals surface area contributed by atoms with Crippen LogP contribution in [0, 0.1) is 0 Å². The van der Waals surface area contributed by atoms with E-state index >= 15 is 0 Å². The minimum absolute atomic E-state index is 0.0140. The zero-order valence-corrected chi connectivity index (χ0v) is 27.9. The van der Waals surface area contributed by atoms with Crippen molar-refractivity contribution in [3.8, 4) is 50.3 Å². The van der Waals surface area contributed by atoms with Crippen LogP contribution in [0.2, 0.25) is 0 Å². The van der Waals surface area contributed by atoms with Gasteiger partial charge in [0.05, 0.1) is 7.11 Å². The molecule has 0 saturated heterocycles. The number of fused-ring (bicyclic) bond motifs is 3. The standard InChI is InChI=1S/C47H38O/c1-47(2,3)37-23-25-43-44(30-37)46(35-18-10-15-32(27-35)31-13-6-5-7-14-31)42-21-9-8-20-41(42)45(43)36-19-11-16-33(28-36)39-22-12-17-34-29-38(48-4)24-26-40(34)39/h5-30H,1-4H3. The molecular formula is C47H38O. The van der Waals surface area contributed by atoms with Crippen molar-refractivity contribution in [2.45, 2.75) is 26.2 Å². The van der Waals surface area contributed by atoms with Crippen molar-refractivity contribution < 1.29 is 4.74 Å². The summed E-state index contributed by atoms with van der Waals surface area (Å²) < 4.78 is 5.53. The molecule has 0 radical (unpaired) electrons. The van der Waals surface area contributed by atoms with E-state index in [2.05, 4.69) is 178 Å². The second kappa shape index (κ2) is 11.9. The summed E-state index contributed by atoms with van der Waals surface area (Å²) in [5, 5.41) is 7.46. The predicted octanol–water partition coefficient (Wildman–Crippen LogP) is 13.1. The van der Waals surface area contributed by atoms with E-state index in [0.29, 0.717) is 0 Å². The largest absolute Gasteiger partial charge is 0.497 e. The van der Waals surface area contributed by atoms with Crippen molar-refractivity contribution in [3.05, 3.63) is 163 Å². The highest BCUT2D eigenvalue weighted by molar-refractivity contribution is 6.21. The lowest BCUT2D eigenvalue weighted by molar-refractivity contribution is 0.415. The fourth-order valence-electron chi connectivity index (χ4n) is 7.23. The number of rotatable bonds is 5. The van der Waals surface area contributed by atoms with Gasteiger partial charge in [-0.1, -0.05) is 148 Å². The molecule has 0 fully saturated rings. The summed E-state index contributed by atoms with van der Waals surface area (Å²) >= 11 is 0. The van der Waals surface area contributed by atoms with Crippen LogP contribution in [0.3, 0.4) is 0 Å². The molecule has 1 nitrogen and oxygen atoms in total. The Morgan fingerprint density at radius 3 is 1.67 bits per heavy atom. The van der Waals surface area contributed by atoms with Crippen molar-refractivity contribution >= 4 is 32.3 Å². The van der Waals surface area contributed by atoms with E-state index in [1.165, 1.54) is 82.4 Å². The number of ether oxygens (including phenoxy) is 1. The Kier molecular flexibility index (Phi) is 7.34. The van der Waals surface area contributed by atoms with Gasteiger partial charge in [0.2, 0.25) is 0 Å². The van der Waals surface area contributed by atoms with Crippen LogP contribution < -0.4 is 4.74 Å². The van der Waals surface area contributed by atoms with Crippen molar-refractivity contribution in [3.63, 3.8) is 0 Å². The molecule has 8 aromatic rings. The van der Waals surface area contributed by atoms with Gasteiger partial charge in [0.15, 0.2) is 0 Å². The van der Waals surface area contributed by atoms with Crippen LogP contribution in [0.1, 0.15) is 26.3 Å². The van der Waals surface area contributed by atoms with Crippen LogP contribution in [0.15, 0.2) is 158 Å². The summed E-state index contributed by atoms with van der Waals surface area (Å²) in [5.41, 5.74) is 11.2. The summed E-state index contributed by atoms with van der Waals surface area (Å²) in [6.07, 6.45) is 0. The first-order valence-corrected chi connectivity index (χ1v) is 16.7. The Morgan fingerprint density at radius 1 is 0.396 bits per heavy atom. The third-order valence-electron chi connectivity index (χ3n) is 9.70. The Hall–Kier alpha value is -5.66. The van der Waals surface area contributed by atoms with Crippen LogP contribution >= 0.6 is 0 Å². The summed E-state index contributed by atoms with van der Waals surface area (Å²) in [6.45, 7) is 6.90. The molecule has 8 aromatic carbocycles. The molecule has 1 heteroatoms. The highest BCUT2D eigenvalue weighted by Gasteiger charge is 2.21. The Morgan fingerprint density at radius 2 is 0.958 bits per heavy atom. The molecule has 0 aromatic heterocycles. The monoisotopic (exact) mass is 618 g/mol. The quantitative estimate of drug-likeness (QED) is 0.174. The van der Waals surface area contributed by atoms with E-state index in [1.807, 2.05) is 0 Å². The smallest absolute Gasteiger partial charge is 0.119 e. The van der Waals surface area contributed by atoms with Gasteiger partial charge in [-0.05, 0) is 118 Å². The number of benzene rings is 8. The molecule has 0 aliphatic heterocycles. The fourth-order valence-corrected chi connectivity index (χ4v) is 7.23. The zero-order valence-electron chi connectivity index (χ0n) is 27.9. The van der Waals surface area contributed by atoms with Gasteiger partial charge in [0, 0.05) is 0 Å². The fraction of sp³-hybridized carbons (Fsp3) is 0.106. The summed E-state index contributed by atoms with van der Waals surface area (Å²) in [7, 11) is 1.72.